The van der Waals surface area contributed by atoms with Gasteiger partial charge in [0.2, 0.25) is 5.78 Å². The molecular weight excluding hydrogens is 310 g/mol. The molecule has 0 amide bonds. The Morgan fingerprint density at radius 1 is 1.08 bits per heavy atom. The van der Waals surface area contributed by atoms with E-state index >= 15 is 0 Å². The molecule has 0 saturated heterocycles. The molecule has 0 bridgehead atoms. The molecule has 4 aromatic rings. The second kappa shape index (κ2) is 4.98. The van der Waals surface area contributed by atoms with Crippen LogP contribution in [0.15, 0.2) is 53.3 Å². The van der Waals surface area contributed by atoms with Crippen LogP contribution in [0.25, 0.3) is 22.4 Å². The van der Waals surface area contributed by atoms with Gasteiger partial charge in [-0.2, -0.15) is 14.8 Å². The maximum Gasteiger partial charge on any atom is 0.282 e. The molecule has 2 heterocycles. The van der Waals surface area contributed by atoms with Crippen LogP contribution in [0.1, 0.15) is 5.82 Å². The van der Waals surface area contributed by atoms with Crippen molar-refractivity contribution >= 4 is 22.4 Å². The minimum absolute atomic E-state index is 0.0116. The molecule has 8 heteroatoms. The second-order valence-electron chi connectivity index (χ2n) is 5.30. The molecule has 24 heavy (non-hydrogen) atoms. The minimum Gasteiger partial charge on any atom is -0.267 e. The number of nitro groups is 1. The number of hydrogen-bond acceptors (Lipinski definition) is 5. The molecule has 4 rings (SSSR count). The van der Waals surface area contributed by atoms with Crippen LogP contribution in [0.4, 0.5) is 5.69 Å². The standard InChI is InChI=1S/C16H11N5O3/c1-10-18-20(11-6-8-12(9-7-11)21(23)24)16-17-15(22)13-4-2-3-5-14(13)19(10)16/h2-9H,1H3. The van der Waals surface area contributed by atoms with Crippen molar-refractivity contribution in [2.75, 3.05) is 0 Å². The highest BCUT2D eigenvalue weighted by molar-refractivity contribution is 5.80. The van der Waals surface area contributed by atoms with E-state index in [2.05, 4.69) is 10.1 Å². The van der Waals surface area contributed by atoms with Gasteiger partial charge < -0.3 is 0 Å². The molecule has 0 atom stereocenters. The summed E-state index contributed by atoms with van der Waals surface area (Å²) < 4.78 is 3.30. The van der Waals surface area contributed by atoms with Gasteiger partial charge in [-0.15, -0.1) is 0 Å². The highest BCUT2D eigenvalue weighted by atomic mass is 16.6. The van der Waals surface area contributed by atoms with Crippen molar-refractivity contribution in [1.29, 1.82) is 0 Å². The van der Waals surface area contributed by atoms with Crippen molar-refractivity contribution < 1.29 is 4.92 Å². The third-order valence-electron chi connectivity index (χ3n) is 3.84. The van der Waals surface area contributed by atoms with E-state index in [1.807, 2.05) is 19.1 Å². The summed E-state index contributed by atoms with van der Waals surface area (Å²) in [6.45, 7) is 1.81. The maximum atomic E-state index is 12.3. The first-order valence-corrected chi connectivity index (χ1v) is 7.18. The SMILES string of the molecule is Cc1nn(-c2ccc([N+](=O)[O-])cc2)c2nc(=O)c3ccccc3n12. The molecule has 0 aliphatic heterocycles. The zero-order valence-corrected chi connectivity index (χ0v) is 12.6. The maximum absolute atomic E-state index is 12.3. The summed E-state index contributed by atoms with van der Waals surface area (Å²) in [6, 6.07) is 13.1. The molecule has 0 radical (unpaired) electrons. The van der Waals surface area contributed by atoms with Gasteiger partial charge in [0.05, 0.1) is 21.5 Å². The number of nitro benzene ring substituents is 1. The summed E-state index contributed by atoms with van der Waals surface area (Å²) in [5, 5.41) is 15.7. The average molecular weight is 321 g/mol. The number of benzene rings is 2. The van der Waals surface area contributed by atoms with Crippen LogP contribution >= 0.6 is 0 Å². The van der Waals surface area contributed by atoms with E-state index in [9.17, 15) is 14.9 Å². The van der Waals surface area contributed by atoms with Crippen LogP contribution in [0.5, 0.6) is 0 Å². The average Bonchev–Trinajstić information content (AvgIpc) is 2.92. The zero-order valence-electron chi connectivity index (χ0n) is 12.6. The highest BCUT2D eigenvalue weighted by Crippen LogP contribution is 2.19. The Morgan fingerprint density at radius 3 is 2.50 bits per heavy atom. The highest BCUT2D eigenvalue weighted by Gasteiger charge is 2.15. The van der Waals surface area contributed by atoms with Crippen LogP contribution in [-0.2, 0) is 0 Å². The predicted octanol–water partition coefficient (Wildman–Crippen LogP) is 2.25. The van der Waals surface area contributed by atoms with Crippen LogP contribution < -0.4 is 5.56 Å². The van der Waals surface area contributed by atoms with Crippen molar-refractivity contribution in [1.82, 2.24) is 19.2 Å². The van der Waals surface area contributed by atoms with Gasteiger partial charge in [0.1, 0.15) is 5.82 Å². The molecule has 0 aliphatic carbocycles. The fraction of sp³-hybridized carbons (Fsp3) is 0.0625. The molecule has 0 saturated carbocycles. The molecule has 118 valence electrons. The third-order valence-corrected chi connectivity index (χ3v) is 3.84. The van der Waals surface area contributed by atoms with E-state index in [-0.39, 0.29) is 11.2 Å². The number of fused-ring (bicyclic) bond motifs is 3. The number of aryl methyl sites for hydroxylation is 1. The molecular formula is C16H11N5O3. The number of aromatic nitrogens is 4. The summed E-state index contributed by atoms with van der Waals surface area (Å²) in [5.41, 5.74) is 0.961. The summed E-state index contributed by atoms with van der Waals surface area (Å²) in [4.78, 5) is 26.7. The first-order chi connectivity index (χ1) is 11.6. The lowest BCUT2D eigenvalue weighted by molar-refractivity contribution is -0.384. The van der Waals surface area contributed by atoms with Gasteiger partial charge in [-0.05, 0) is 31.2 Å². The summed E-state index contributed by atoms with van der Waals surface area (Å²) in [6.07, 6.45) is 0. The molecule has 8 nitrogen and oxygen atoms in total. The Hall–Kier alpha value is -3.55. The zero-order chi connectivity index (χ0) is 16.8. The van der Waals surface area contributed by atoms with E-state index < -0.39 is 4.92 Å². The lowest BCUT2D eigenvalue weighted by Crippen LogP contribution is -2.12. The Balaban J connectivity index is 2.04. The second-order valence-corrected chi connectivity index (χ2v) is 5.30. The first kappa shape index (κ1) is 14.1. The number of hydrogen-bond donors (Lipinski definition) is 0. The molecule has 2 aromatic heterocycles. The molecule has 0 spiro atoms. The van der Waals surface area contributed by atoms with Crippen molar-refractivity contribution in [3.05, 3.63) is 74.8 Å². The van der Waals surface area contributed by atoms with Gasteiger partial charge in [0.25, 0.3) is 11.2 Å². The Morgan fingerprint density at radius 2 is 1.79 bits per heavy atom. The van der Waals surface area contributed by atoms with E-state index in [0.29, 0.717) is 22.7 Å². The molecule has 0 aliphatic rings. The number of para-hydroxylation sites is 1. The van der Waals surface area contributed by atoms with Crippen LogP contribution in [0.2, 0.25) is 0 Å². The van der Waals surface area contributed by atoms with Crippen molar-refractivity contribution in [3.8, 4) is 5.69 Å². The van der Waals surface area contributed by atoms with Gasteiger partial charge >= 0.3 is 0 Å². The van der Waals surface area contributed by atoms with Crippen molar-refractivity contribution in [3.63, 3.8) is 0 Å². The molecule has 2 aromatic carbocycles. The van der Waals surface area contributed by atoms with Gasteiger partial charge in [-0.1, -0.05) is 12.1 Å². The van der Waals surface area contributed by atoms with Crippen LogP contribution in [-0.4, -0.2) is 24.1 Å². The monoisotopic (exact) mass is 321 g/mol. The third kappa shape index (κ3) is 1.97. The van der Waals surface area contributed by atoms with Crippen molar-refractivity contribution in [2.24, 2.45) is 0 Å². The minimum atomic E-state index is -0.466. The smallest absolute Gasteiger partial charge is 0.267 e. The fourth-order valence-corrected chi connectivity index (χ4v) is 2.74. The Bertz CT molecular complexity index is 1160. The van der Waals surface area contributed by atoms with Gasteiger partial charge in [0.15, 0.2) is 0 Å². The van der Waals surface area contributed by atoms with E-state index in [1.165, 1.54) is 16.8 Å². The molecule has 0 N–H and O–H groups in total. The lowest BCUT2D eigenvalue weighted by atomic mass is 10.2. The normalized spacial score (nSPS) is 11.2. The number of non-ortho nitro benzene ring substituents is 1. The lowest BCUT2D eigenvalue weighted by Gasteiger charge is -2.04. The van der Waals surface area contributed by atoms with Crippen LogP contribution in [0.3, 0.4) is 0 Å². The van der Waals surface area contributed by atoms with E-state index in [4.69, 9.17) is 0 Å². The quantitative estimate of drug-likeness (QED) is 0.417. The number of rotatable bonds is 2. The van der Waals surface area contributed by atoms with Gasteiger partial charge in [-0.25, -0.2) is 0 Å². The van der Waals surface area contributed by atoms with E-state index in [1.54, 1.807) is 28.7 Å². The topological polar surface area (TPSA) is 95.3 Å². The Kier molecular flexibility index (Phi) is 2.92. The first-order valence-electron chi connectivity index (χ1n) is 7.18. The molecule has 0 unspecified atom stereocenters. The Labute approximate surface area is 134 Å². The summed E-state index contributed by atoms with van der Waals surface area (Å²) >= 11 is 0. The summed E-state index contributed by atoms with van der Waals surface area (Å²) in [5.74, 6) is 1.03. The fourth-order valence-electron chi connectivity index (χ4n) is 2.74. The largest absolute Gasteiger partial charge is 0.282 e. The van der Waals surface area contributed by atoms with Gasteiger partial charge in [-0.3, -0.25) is 19.3 Å². The number of nitrogens with zero attached hydrogens (tertiary/aromatic N) is 5. The summed E-state index contributed by atoms with van der Waals surface area (Å²) in [7, 11) is 0. The van der Waals surface area contributed by atoms with Crippen LogP contribution in [0, 0.1) is 17.0 Å². The predicted molar refractivity (Wildman–Crippen MR) is 87.5 cm³/mol. The molecule has 0 fully saturated rings. The van der Waals surface area contributed by atoms with Crippen molar-refractivity contribution in [2.45, 2.75) is 6.92 Å². The van der Waals surface area contributed by atoms with Gasteiger partial charge in [0, 0.05) is 12.1 Å². The van der Waals surface area contributed by atoms with E-state index in [0.717, 1.165) is 5.52 Å².